The lowest BCUT2D eigenvalue weighted by atomic mass is 10.00. The average molecular weight is 290 g/mol. The molecule has 2 amide bonds. The summed E-state index contributed by atoms with van der Waals surface area (Å²) in [6, 6.07) is 5.37. The van der Waals surface area contributed by atoms with Crippen molar-refractivity contribution in [3.05, 3.63) is 29.3 Å². The Hall–Kier alpha value is -2.04. The van der Waals surface area contributed by atoms with Crippen LogP contribution in [0.5, 0.6) is 0 Å². The monoisotopic (exact) mass is 290 g/mol. The number of urea groups is 1. The van der Waals surface area contributed by atoms with Crippen LogP contribution in [0.1, 0.15) is 36.8 Å². The average Bonchev–Trinajstić information content (AvgIpc) is 2.44. The van der Waals surface area contributed by atoms with E-state index in [4.69, 9.17) is 5.11 Å². The Labute approximate surface area is 125 Å². The van der Waals surface area contributed by atoms with E-state index in [1.807, 2.05) is 32.0 Å². The first kappa shape index (κ1) is 15.4. The molecule has 0 aromatic heterocycles. The summed E-state index contributed by atoms with van der Waals surface area (Å²) in [5, 5.41) is 11.9. The van der Waals surface area contributed by atoms with E-state index in [9.17, 15) is 9.59 Å². The molecule has 0 radical (unpaired) electrons. The second-order valence-electron chi connectivity index (χ2n) is 5.62. The number of rotatable bonds is 3. The number of anilines is 1. The fourth-order valence-electron chi connectivity index (χ4n) is 2.76. The van der Waals surface area contributed by atoms with Gasteiger partial charge in [-0.05, 0) is 50.3 Å². The van der Waals surface area contributed by atoms with Crippen LogP contribution < -0.4 is 5.32 Å². The SMILES string of the molecule is Cc1cccc(NC(=O)N2CCCCC2CC(=O)O)c1C. The topological polar surface area (TPSA) is 69.6 Å². The summed E-state index contributed by atoms with van der Waals surface area (Å²) in [7, 11) is 0. The van der Waals surface area contributed by atoms with Gasteiger partial charge in [-0.3, -0.25) is 4.79 Å². The van der Waals surface area contributed by atoms with Crippen LogP contribution in [-0.4, -0.2) is 34.6 Å². The van der Waals surface area contributed by atoms with Crippen molar-refractivity contribution < 1.29 is 14.7 Å². The number of hydrogen-bond donors (Lipinski definition) is 2. The lowest BCUT2D eigenvalue weighted by Gasteiger charge is -2.35. The standard InChI is InChI=1S/C16H22N2O3/c1-11-6-5-8-14(12(11)2)17-16(21)18-9-4-3-7-13(18)10-15(19)20/h5-6,8,13H,3-4,7,9-10H2,1-2H3,(H,17,21)(H,19,20). The van der Waals surface area contributed by atoms with Gasteiger partial charge in [0.1, 0.15) is 0 Å². The maximum Gasteiger partial charge on any atom is 0.322 e. The van der Waals surface area contributed by atoms with Crippen molar-refractivity contribution in [1.82, 2.24) is 4.90 Å². The summed E-state index contributed by atoms with van der Waals surface area (Å²) in [6.45, 7) is 4.59. The fourth-order valence-corrected chi connectivity index (χ4v) is 2.76. The molecule has 2 rings (SSSR count). The number of benzene rings is 1. The zero-order valence-electron chi connectivity index (χ0n) is 12.6. The zero-order chi connectivity index (χ0) is 15.4. The van der Waals surface area contributed by atoms with E-state index in [1.165, 1.54) is 0 Å². The molecule has 2 N–H and O–H groups in total. The Morgan fingerprint density at radius 1 is 1.33 bits per heavy atom. The molecule has 5 nitrogen and oxygen atoms in total. The number of carboxylic acid groups (broad SMARTS) is 1. The van der Waals surface area contributed by atoms with Crippen LogP contribution in [0.3, 0.4) is 0 Å². The minimum atomic E-state index is -0.855. The van der Waals surface area contributed by atoms with Crippen LogP contribution >= 0.6 is 0 Å². The molecule has 0 spiro atoms. The van der Waals surface area contributed by atoms with Crippen molar-refractivity contribution in [2.45, 2.75) is 45.6 Å². The van der Waals surface area contributed by atoms with Gasteiger partial charge >= 0.3 is 12.0 Å². The number of hydrogen-bond acceptors (Lipinski definition) is 2. The molecule has 1 saturated heterocycles. The van der Waals surface area contributed by atoms with Gasteiger partial charge in [-0.2, -0.15) is 0 Å². The van der Waals surface area contributed by atoms with Gasteiger partial charge < -0.3 is 15.3 Å². The highest BCUT2D eigenvalue weighted by atomic mass is 16.4. The summed E-state index contributed by atoms with van der Waals surface area (Å²) in [4.78, 5) is 25.0. The van der Waals surface area contributed by atoms with E-state index in [2.05, 4.69) is 5.32 Å². The van der Waals surface area contributed by atoms with Crippen LogP contribution in [0.15, 0.2) is 18.2 Å². The van der Waals surface area contributed by atoms with Crippen molar-refractivity contribution in [1.29, 1.82) is 0 Å². The van der Waals surface area contributed by atoms with Crippen molar-refractivity contribution in [3.63, 3.8) is 0 Å². The Morgan fingerprint density at radius 2 is 2.10 bits per heavy atom. The van der Waals surface area contributed by atoms with E-state index in [1.54, 1.807) is 4.90 Å². The van der Waals surface area contributed by atoms with Gasteiger partial charge in [0.05, 0.1) is 6.42 Å². The molecule has 0 bridgehead atoms. The van der Waals surface area contributed by atoms with Gasteiger partial charge in [-0.25, -0.2) is 4.79 Å². The van der Waals surface area contributed by atoms with E-state index < -0.39 is 5.97 Å². The normalized spacial score (nSPS) is 18.4. The number of carbonyl (C=O) groups is 2. The van der Waals surface area contributed by atoms with E-state index in [0.717, 1.165) is 36.1 Å². The number of carboxylic acids is 1. The number of nitrogens with one attached hydrogen (secondary N) is 1. The highest BCUT2D eigenvalue weighted by Crippen LogP contribution is 2.23. The molecule has 114 valence electrons. The fraction of sp³-hybridized carbons (Fsp3) is 0.500. The number of piperidine rings is 1. The first-order valence-electron chi connectivity index (χ1n) is 7.34. The van der Waals surface area contributed by atoms with Crippen LogP contribution in [0.25, 0.3) is 0 Å². The van der Waals surface area contributed by atoms with Gasteiger partial charge in [0.15, 0.2) is 0 Å². The van der Waals surface area contributed by atoms with Crippen LogP contribution in [0, 0.1) is 13.8 Å². The van der Waals surface area contributed by atoms with Crippen molar-refractivity contribution in [3.8, 4) is 0 Å². The van der Waals surface area contributed by atoms with E-state index >= 15 is 0 Å². The number of likely N-dealkylation sites (tertiary alicyclic amines) is 1. The lowest BCUT2D eigenvalue weighted by Crippen LogP contribution is -2.46. The van der Waals surface area contributed by atoms with Gasteiger partial charge in [0, 0.05) is 18.3 Å². The third-order valence-corrected chi connectivity index (χ3v) is 4.14. The Balaban J connectivity index is 2.10. The van der Waals surface area contributed by atoms with E-state index in [-0.39, 0.29) is 18.5 Å². The summed E-state index contributed by atoms with van der Waals surface area (Å²) < 4.78 is 0. The third-order valence-electron chi connectivity index (χ3n) is 4.14. The van der Waals surface area contributed by atoms with Gasteiger partial charge in [0.2, 0.25) is 0 Å². The van der Waals surface area contributed by atoms with Gasteiger partial charge in [0.25, 0.3) is 0 Å². The number of aryl methyl sites for hydroxylation is 1. The maximum atomic E-state index is 12.4. The molecule has 5 heteroatoms. The first-order valence-corrected chi connectivity index (χ1v) is 7.34. The lowest BCUT2D eigenvalue weighted by molar-refractivity contribution is -0.138. The maximum absolute atomic E-state index is 12.4. The Bertz CT molecular complexity index is 542. The third kappa shape index (κ3) is 3.74. The van der Waals surface area contributed by atoms with Crippen LogP contribution in [-0.2, 0) is 4.79 Å². The van der Waals surface area contributed by atoms with Crippen LogP contribution in [0.2, 0.25) is 0 Å². The number of nitrogens with zero attached hydrogens (tertiary/aromatic N) is 1. The molecule has 0 aliphatic carbocycles. The molecule has 1 atom stereocenters. The highest BCUT2D eigenvalue weighted by Gasteiger charge is 2.28. The smallest absolute Gasteiger partial charge is 0.322 e. The number of carbonyl (C=O) groups excluding carboxylic acids is 1. The molecule has 1 aliphatic rings. The Kier molecular flexibility index (Phi) is 4.83. The number of amides is 2. The highest BCUT2D eigenvalue weighted by molar-refractivity contribution is 5.91. The molecular weight excluding hydrogens is 268 g/mol. The second kappa shape index (κ2) is 6.61. The molecule has 1 fully saturated rings. The molecule has 1 unspecified atom stereocenters. The van der Waals surface area contributed by atoms with Gasteiger partial charge in [-0.1, -0.05) is 12.1 Å². The van der Waals surface area contributed by atoms with Crippen molar-refractivity contribution in [2.24, 2.45) is 0 Å². The molecule has 1 aromatic carbocycles. The minimum absolute atomic E-state index is 0.0141. The van der Waals surface area contributed by atoms with Gasteiger partial charge in [-0.15, -0.1) is 0 Å². The Morgan fingerprint density at radius 3 is 2.81 bits per heavy atom. The molecule has 21 heavy (non-hydrogen) atoms. The molecule has 0 saturated carbocycles. The zero-order valence-corrected chi connectivity index (χ0v) is 12.6. The second-order valence-corrected chi connectivity index (χ2v) is 5.62. The summed E-state index contributed by atoms with van der Waals surface area (Å²) in [5.41, 5.74) is 2.95. The molecule has 1 aliphatic heterocycles. The largest absolute Gasteiger partial charge is 0.481 e. The summed E-state index contributed by atoms with van der Waals surface area (Å²) >= 11 is 0. The van der Waals surface area contributed by atoms with E-state index in [0.29, 0.717) is 6.54 Å². The molecule has 1 heterocycles. The summed E-state index contributed by atoms with van der Waals surface area (Å²) in [5.74, 6) is -0.855. The summed E-state index contributed by atoms with van der Waals surface area (Å²) in [6.07, 6.45) is 2.67. The molecular formula is C16H22N2O3. The van der Waals surface area contributed by atoms with Crippen molar-refractivity contribution >= 4 is 17.7 Å². The predicted octanol–water partition coefficient (Wildman–Crippen LogP) is 3.16. The quantitative estimate of drug-likeness (QED) is 0.898. The predicted molar refractivity (Wildman–Crippen MR) is 81.5 cm³/mol. The minimum Gasteiger partial charge on any atom is -0.481 e. The number of aliphatic carboxylic acids is 1. The molecule has 1 aromatic rings. The van der Waals surface area contributed by atoms with Crippen LogP contribution in [0.4, 0.5) is 10.5 Å². The van der Waals surface area contributed by atoms with Crippen molar-refractivity contribution in [2.75, 3.05) is 11.9 Å². The first-order chi connectivity index (χ1) is 9.99.